The molecular weight excluding hydrogens is 174 g/mol. The molecule has 1 rings (SSSR count). The standard InChI is InChI=1S/C11H17N3/c1-8(2)13-11(12)14-10-7-5-4-6-9(10)3/h4-8H,1-3H3,(H3,12,13,14). The van der Waals surface area contributed by atoms with E-state index in [0.717, 1.165) is 11.3 Å². The number of nitrogens with zero attached hydrogens (tertiary/aromatic N) is 1. The van der Waals surface area contributed by atoms with Gasteiger partial charge in [-0.1, -0.05) is 18.2 Å². The zero-order valence-electron chi connectivity index (χ0n) is 8.91. The minimum Gasteiger partial charge on any atom is -0.370 e. The van der Waals surface area contributed by atoms with Crippen LogP contribution < -0.4 is 11.1 Å². The van der Waals surface area contributed by atoms with E-state index in [0.29, 0.717) is 5.96 Å². The van der Waals surface area contributed by atoms with Crippen LogP contribution in [-0.4, -0.2) is 12.0 Å². The molecule has 76 valence electrons. The molecule has 3 N–H and O–H groups in total. The summed E-state index contributed by atoms with van der Waals surface area (Å²) in [7, 11) is 0. The van der Waals surface area contributed by atoms with Crippen molar-refractivity contribution in [3.63, 3.8) is 0 Å². The lowest BCUT2D eigenvalue weighted by molar-refractivity contribution is 0.833. The number of para-hydroxylation sites is 1. The summed E-state index contributed by atoms with van der Waals surface area (Å²) in [6, 6.07) is 8.20. The number of hydrogen-bond acceptors (Lipinski definition) is 1. The molecule has 0 heterocycles. The minimum atomic E-state index is 0.214. The Bertz CT molecular complexity index is 329. The highest BCUT2D eigenvalue weighted by Gasteiger charge is 1.98. The number of guanidine groups is 1. The van der Waals surface area contributed by atoms with E-state index >= 15 is 0 Å². The lowest BCUT2D eigenvalue weighted by Crippen LogP contribution is -2.24. The van der Waals surface area contributed by atoms with Crippen molar-refractivity contribution in [3.8, 4) is 0 Å². The summed E-state index contributed by atoms with van der Waals surface area (Å²) < 4.78 is 0. The summed E-state index contributed by atoms with van der Waals surface area (Å²) >= 11 is 0. The fourth-order valence-corrected chi connectivity index (χ4v) is 1.16. The number of aryl methyl sites for hydroxylation is 1. The lowest BCUT2D eigenvalue weighted by atomic mass is 10.2. The molecule has 0 radical (unpaired) electrons. The van der Waals surface area contributed by atoms with Crippen LogP contribution in [0.2, 0.25) is 0 Å². The Morgan fingerprint density at radius 2 is 2.00 bits per heavy atom. The largest absolute Gasteiger partial charge is 0.370 e. The molecule has 0 unspecified atom stereocenters. The molecule has 0 fully saturated rings. The second kappa shape index (κ2) is 4.65. The van der Waals surface area contributed by atoms with E-state index in [1.165, 1.54) is 0 Å². The number of benzene rings is 1. The summed E-state index contributed by atoms with van der Waals surface area (Å²) in [5.41, 5.74) is 7.88. The van der Waals surface area contributed by atoms with Crippen molar-refractivity contribution in [1.29, 1.82) is 0 Å². The predicted molar refractivity (Wildman–Crippen MR) is 61.6 cm³/mol. The van der Waals surface area contributed by atoms with Crippen molar-refractivity contribution >= 4 is 11.6 Å². The molecule has 0 bridgehead atoms. The highest BCUT2D eigenvalue weighted by atomic mass is 15.1. The molecule has 3 heteroatoms. The van der Waals surface area contributed by atoms with Gasteiger partial charge in [0.2, 0.25) is 0 Å². The van der Waals surface area contributed by atoms with Gasteiger partial charge in [0.15, 0.2) is 5.96 Å². The summed E-state index contributed by atoms with van der Waals surface area (Å²) in [4.78, 5) is 4.20. The van der Waals surface area contributed by atoms with Crippen molar-refractivity contribution < 1.29 is 0 Å². The maximum Gasteiger partial charge on any atom is 0.193 e. The van der Waals surface area contributed by atoms with Crippen molar-refractivity contribution in [2.45, 2.75) is 26.8 Å². The van der Waals surface area contributed by atoms with Gasteiger partial charge in [-0.3, -0.25) is 4.99 Å². The number of rotatable bonds is 2. The van der Waals surface area contributed by atoms with Crippen LogP contribution in [0.1, 0.15) is 19.4 Å². The van der Waals surface area contributed by atoms with E-state index in [9.17, 15) is 0 Å². The fourth-order valence-electron chi connectivity index (χ4n) is 1.16. The Morgan fingerprint density at radius 1 is 1.36 bits per heavy atom. The Labute approximate surface area is 85.0 Å². The Morgan fingerprint density at radius 3 is 2.57 bits per heavy atom. The number of hydrogen-bond donors (Lipinski definition) is 2. The van der Waals surface area contributed by atoms with E-state index in [1.54, 1.807) is 0 Å². The molecular formula is C11H17N3. The third-order valence-electron chi connectivity index (χ3n) is 1.81. The predicted octanol–water partition coefficient (Wildman–Crippen LogP) is 2.13. The van der Waals surface area contributed by atoms with Gasteiger partial charge in [-0.2, -0.15) is 0 Å². The van der Waals surface area contributed by atoms with Crippen LogP contribution in [0.5, 0.6) is 0 Å². The first-order chi connectivity index (χ1) is 6.59. The van der Waals surface area contributed by atoms with Crippen LogP contribution in [0.15, 0.2) is 29.3 Å². The quantitative estimate of drug-likeness (QED) is 0.555. The summed E-state index contributed by atoms with van der Waals surface area (Å²) in [6.45, 7) is 6.02. The molecule has 0 saturated heterocycles. The van der Waals surface area contributed by atoms with Gasteiger partial charge in [0.25, 0.3) is 0 Å². The van der Waals surface area contributed by atoms with Gasteiger partial charge < -0.3 is 11.1 Å². The molecule has 0 aliphatic carbocycles. The Hall–Kier alpha value is -1.51. The Balaban J connectivity index is 2.74. The topological polar surface area (TPSA) is 50.4 Å². The molecule has 0 amide bonds. The molecule has 0 saturated carbocycles. The monoisotopic (exact) mass is 191 g/mol. The van der Waals surface area contributed by atoms with Gasteiger partial charge in [0.05, 0.1) is 0 Å². The number of aliphatic imine (C=N–C) groups is 1. The highest BCUT2D eigenvalue weighted by Crippen LogP contribution is 2.12. The van der Waals surface area contributed by atoms with Crippen molar-refractivity contribution in [2.75, 3.05) is 5.32 Å². The maximum atomic E-state index is 5.71. The van der Waals surface area contributed by atoms with Gasteiger partial charge in [-0.05, 0) is 32.4 Å². The van der Waals surface area contributed by atoms with Crippen LogP contribution in [-0.2, 0) is 0 Å². The fraction of sp³-hybridized carbons (Fsp3) is 0.364. The van der Waals surface area contributed by atoms with Crippen LogP contribution in [0.3, 0.4) is 0 Å². The third-order valence-corrected chi connectivity index (χ3v) is 1.81. The molecule has 3 nitrogen and oxygen atoms in total. The minimum absolute atomic E-state index is 0.214. The number of nitrogens with one attached hydrogen (secondary N) is 1. The zero-order valence-corrected chi connectivity index (χ0v) is 8.91. The van der Waals surface area contributed by atoms with E-state index < -0.39 is 0 Å². The maximum absolute atomic E-state index is 5.71. The SMILES string of the molecule is Cc1ccccc1NC(N)=NC(C)C. The normalized spacial score (nSPS) is 11.9. The third kappa shape index (κ3) is 3.09. The van der Waals surface area contributed by atoms with Crippen molar-refractivity contribution in [1.82, 2.24) is 0 Å². The van der Waals surface area contributed by atoms with E-state index in [4.69, 9.17) is 5.73 Å². The molecule has 0 aromatic heterocycles. The van der Waals surface area contributed by atoms with Gasteiger partial charge in [-0.15, -0.1) is 0 Å². The Kier molecular flexibility index (Phi) is 3.51. The van der Waals surface area contributed by atoms with E-state index in [-0.39, 0.29) is 6.04 Å². The van der Waals surface area contributed by atoms with Crippen molar-refractivity contribution in [3.05, 3.63) is 29.8 Å². The lowest BCUT2D eigenvalue weighted by Gasteiger charge is -2.09. The molecule has 0 aliphatic heterocycles. The molecule has 1 aromatic rings. The summed E-state index contributed by atoms with van der Waals surface area (Å²) in [6.07, 6.45) is 0. The number of anilines is 1. The summed E-state index contributed by atoms with van der Waals surface area (Å²) in [5, 5.41) is 3.07. The van der Waals surface area contributed by atoms with Crippen LogP contribution >= 0.6 is 0 Å². The van der Waals surface area contributed by atoms with Gasteiger partial charge >= 0.3 is 0 Å². The van der Waals surface area contributed by atoms with Crippen LogP contribution in [0, 0.1) is 6.92 Å². The molecule has 0 spiro atoms. The smallest absolute Gasteiger partial charge is 0.193 e. The van der Waals surface area contributed by atoms with E-state index in [2.05, 4.69) is 10.3 Å². The van der Waals surface area contributed by atoms with E-state index in [1.807, 2.05) is 45.0 Å². The van der Waals surface area contributed by atoms with Gasteiger partial charge in [-0.25, -0.2) is 0 Å². The molecule has 0 aliphatic rings. The second-order valence-corrected chi connectivity index (χ2v) is 3.55. The average Bonchev–Trinajstić information content (AvgIpc) is 2.07. The first kappa shape index (κ1) is 10.6. The molecule has 0 atom stereocenters. The highest BCUT2D eigenvalue weighted by molar-refractivity contribution is 5.93. The first-order valence-corrected chi connectivity index (χ1v) is 4.75. The van der Waals surface area contributed by atoms with Gasteiger partial charge in [0.1, 0.15) is 0 Å². The first-order valence-electron chi connectivity index (χ1n) is 4.75. The number of nitrogens with two attached hydrogens (primary N) is 1. The molecule has 1 aromatic carbocycles. The zero-order chi connectivity index (χ0) is 10.6. The second-order valence-electron chi connectivity index (χ2n) is 3.55. The molecule has 14 heavy (non-hydrogen) atoms. The summed E-state index contributed by atoms with van der Waals surface area (Å²) in [5.74, 6) is 0.467. The van der Waals surface area contributed by atoms with Crippen LogP contribution in [0.25, 0.3) is 0 Å². The average molecular weight is 191 g/mol. The van der Waals surface area contributed by atoms with Gasteiger partial charge in [0, 0.05) is 11.7 Å². The van der Waals surface area contributed by atoms with Crippen LogP contribution in [0.4, 0.5) is 5.69 Å². The van der Waals surface area contributed by atoms with Crippen molar-refractivity contribution in [2.24, 2.45) is 10.7 Å².